The van der Waals surface area contributed by atoms with E-state index in [0.717, 1.165) is 64.8 Å². The van der Waals surface area contributed by atoms with Crippen LogP contribution in [-0.2, 0) is 16.1 Å². The Kier molecular flexibility index (Phi) is 7.81. The first-order valence-corrected chi connectivity index (χ1v) is 14.4. The van der Waals surface area contributed by atoms with Crippen LogP contribution in [0.1, 0.15) is 49.4 Å². The first-order valence-electron chi connectivity index (χ1n) is 14.4. The van der Waals surface area contributed by atoms with E-state index in [1.165, 1.54) is 5.56 Å². The number of hydrazine groups is 1. The molecular weight excluding hydrogens is 512 g/mol. The standard InChI is InChI=1S/C34H38N4O3/c1-23-19-37(20-24(2)41-23)21-26-10-8-25(9-11-26)13-15-30-28-14-12-27(18-31(28)36-35-30)22-38-32(16-17-34(38)39)29-6-4-5-7-33(29)40-3/h4-15,18,22-24,32,35-36H,16-17,19-21H2,1-3H3/t23-,24+,32?. The van der Waals surface area contributed by atoms with Crippen molar-refractivity contribution in [1.29, 1.82) is 0 Å². The number of ether oxygens (including phenoxy) is 2. The van der Waals surface area contributed by atoms with Crippen molar-refractivity contribution in [3.8, 4) is 5.75 Å². The molecule has 0 bridgehead atoms. The SMILES string of the molecule is COc1ccccc1C1CCC(=O)N1C=c1ccc2c(c1)NNC=2C=Cc1ccc(CN2C[C@@H](C)O[C@@H](C)C2)cc1. The highest BCUT2D eigenvalue weighted by atomic mass is 16.5. The summed E-state index contributed by atoms with van der Waals surface area (Å²) in [6, 6.07) is 22.9. The van der Waals surface area contributed by atoms with Gasteiger partial charge in [-0.25, -0.2) is 0 Å². The number of rotatable bonds is 7. The number of methoxy groups -OCH3 is 1. The number of nitrogens with one attached hydrogen (secondary N) is 2. The third kappa shape index (κ3) is 6.01. The molecule has 0 radical (unpaired) electrons. The van der Waals surface area contributed by atoms with Gasteiger partial charge in [0.05, 0.1) is 36.7 Å². The van der Waals surface area contributed by atoms with Crippen molar-refractivity contribution in [2.45, 2.75) is 51.5 Å². The van der Waals surface area contributed by atoms with E-state index < -0.39 is 0 Å². The molecule has 6 rings (SSSR count). The van der Waals surface area contributed by atoms with Gasteiger partial charge in [0, 0.05) is 43.0 Å². The quantitative estimate of drug-likeness (QED) is 0.461. The van der Waals surface area contributed by atoms with Gasteiger partial charge in [-0.2, -0.15) is 0 Å². The lowest BCUT2D eigenvalue weighted by Gasteiger charge is -2.35. The Bertz CT molecular complexity index is 1560. The van der Waals surface area contributed by atoms with Crippen LogP contribution in [0.25, 0.3) is 18.0 Å². The second-order valence-corrected chi connectivity index (χ2v) is 11.2. The number of anilines is 1. The van der Waals surface area contributed by atoms with Gasteiger partial charge in [-0.05, 0) is 54.8 Å². The third-order valence-corrected chi connectivity index (χ3v) is 8.03. The van der Waals surface area contributed by atoms with Crippen LogP contribution in [0.2, 0.25) is 0 Å². The highest BCUT2D eigenvalue weighted by Gasteiger charge is 2.32. The first-order chi connectivity index (χ1) is 20.0. The van der Waals surface area contributed by atoms with Gasteiger partial charge < -0.3 is 25.2 Å². The Labute approximate surface area is 241 Å². The van der Waals surface area contributed by atoms with Crippen LogP contribution in [0.15, 0.2) is 72.8 Å². The van der Waals surface area contributed by atoms with Crippen molar-refractivity contribution in [2.24, 2.45) is 0 Å². The number of para-hydroxylation sites is 1. The fourth-order valence-corrected chi connectivity index (χ4v) is 6.17. The predicted octanol–water partition coefficient (Wildman–Crippen LogP) is 4.16. The molecular formula is C34H38N4O3. The van der Waals surface area contributed by atoms with Crippen LogP contribution in [-0.4, -0.2) is 48.1 Å². The van der Waals surface area contributed by atoms with Gasteiger partial charge in [-0.15, -0.1) is 0 Å². The topological polar surface area (TPSA) is 66.1 Å². The van der Waals surface area contributed by atoms with Gasteiger partial charge in [0.2, 0.25) is 5.91 Å². The molecule has 212 valence electrons. The van der Waals surface area contributed by atoms with E-state index in [1.807, 2.05) is 35.4 Å². The molecule has 0 aromatic heterocycles. The van der Waals surface area contributed by atoms with E-state index in [9.17, 15) is 4.79 Å². The molecule has 2 N–H and O–H groups in total. The molecule has 3 aliphatic heterocycles. The molecule has 3 aliphatic rings. The molecule has 3 aromatic carbocycles. The number of nitrogens with zero attached hydrogens (tertiary/aromatic N) is 2. The molecule has 3 atom stereocenters. The van der Waals surface area contributed by atoms with Crippen LogP contribution >= 0.6 is 0 Å². The minimum Gasteiger partial charge on any atom is -0.496 e. The zero-order valence-electron chi connectivity index (χ0n) is 24.0. The van der Waals surface area contributed by atoms with Crippen LogP contribution in [0, 0.1) is 0 Å². The van der Waals surface area contributed by atoms with E-state index in [1.54, 1.807) is 7.11 Å². The Morgan fingerprint density at radius 1 is 0.976 bits per heavy atom. The number of likely N-dealkylation sites (tertiary alicyclic amines) is 1. The number of morpholine rings is 1. The van der Waals surface area contributed by atoms with Gasteiger partial charge in [0.15, 0.2) is 0 Å². The number of carbonyl (C=O) groups excluding carboxylic acids is 1. The van der Waals surface area contributed by atoms with Crippen LogP contribution < -0.4 is 26.0 Å². The van der Waals surface area contributed by atoms with E-state index in [2.05, 4.69) is 84.2 Å². The van der Waals surface area contributed by atoms with Crippen molar-refractivity contribution < 1.29 is 14.3 Å². The number of hydrogen-bond acceptors (Lipinski definition) is 6. The fourth-order valence-electron chi connectivity index (χ4n) is 6.17. The Morgan fingerprint density at radius 3 is 2.54 bits per heavy atom. The molecule has 0 aliphatic carbocycles. The minimum absolute atomic E-state index is 0.0320. The summed E-state index contributed by atoms with van der Waals surface area (Å²) >= 11 is 0. The van der Waals surface area contributed by atoms with E-state index in [0.29, 0.717) is 6.42 Å². The third-order valence-electron chi connectivity index (χ3n) is 8.03. The number of benzene rings is 3. The van der Waals surface area contributed by atoms with Gasteiger partial charge >= 0.3 is 0 Å². The average molecular weight is 551 g/mol. The number of fused-ring (bicyclic) bond motifs is 1. The summed E-state index contributed by atoms with van der Waals surface area (Å²) in [5.74, 6) is 0.940. The molecule has 1 amide bonds. The molecule has 2 fully saturated rings. The lowest BCUT2D eigenvalue weighted by Crippen LogP contribution is -2.44. The van der Waals surface area contributed by atoms with E-state index in [-0.39, 0.29) is 24.2 Å². The number of hydrogen-bond donors (Lipinski definition) is 2. The molecule has 7 nitrogen and oxygen atoms in total. The monoisotopic (exact) mass is 550 g/mol. The summed E-state index contributed by atoms with van der Waals surface area (Å²) in [4.78, 5) is 17.1. The predicted molar refractivity (Wildman–Crippen MR) is 163 cm³/mol. The normalized spacial score (nSPS) is 23.1. The minimum atomic E-state index is -0.0320. The highest BCUT2D eigenvalue weighted by Crippen LogP contribution is 2.37. The summed E-state index contributed by atoms with van der Waals surface area (Å²) < 4.78 is 11.4. The van der Waals surface area contributed by atoms with Crippen molar-refractivity contribution in [3.05, 3.63) is 99.9 Å². The number of carbonyl (C=O) groups is 1. The lowest BCUT2D eigenvalue weighted by atomic mass is 10.0. The van der Waals surface area contributed by atoms with Crippen molar-refractivity contribution in [1.82, 2.24) is 15.2 Å². The van der Waals surface area contributed by atoms with E-state index in [4.69, 9.17) is 9.47 Å². The Hall–Kier alpha value is -4.07. The highest BCUT2D eigenvalue weighted by molar-refractivity contribution is 5.83. The van der Waals surface area contributed by atoms with Gasteiger partial charge in [-0.3, -0.25) is 9.69 Å². The lowest BCUT2D eigenvalue weighted by molar-refractivity contribution is -0.125. The van der Waals surface area contributed by atoms with E-state index >= 15 is 0 Å². The van der Waals surface area contributed by atoms with Crippen molar-refractivity contribution in [2.75, 3.05) is 25.6 Å². The molecule has 2 saturated heterocycles. The van der Waals surface area contributed by atoms with Gasteiger partial charge in [0.1, 0.15) is 5.75 Å². The summed E-state index contributed by atoms with van der Waals surface area (Å²) in [6.07, 6.45) is 8.05. The van der Waals surface area contributed by atoms with Gasteiger partial charge in [-0.1, -0.05) is 60.7 Å². The molecule has 0 saturated carbocycles. The summed E-state index contributed by atoms with van der Waals surface area (Å²) in [5, 5.41) is 2.07. The largest absolute Gasteiger partial charge is 0.496 e. The second-order valence-electron chi connectivity index (χ2n) is 11.2. The summed E-state index contributed by atoms with van der Waals surface area (Å²) in [5.41, 5.74) is 12.1. The summed E-state index contributed by atoms with van der Waals surface area (Å²) in [7, 11) is 1.67. The maximum Gasteiger partial charge on any atom is 0.227 e. The second kappa shape index (κ2) is 11.8. The smallest absolute Gasteiger partial charge is 0.227 e. The zero-order chi connectivity index (χ0) is 28.3. The molecule has 3 heterocycles. The maximum atomic E-state index is 12.8. The van der Waals surface area contributed by atoms with Crippen LogP contribution in [0.3, 0.4) is 0 Å². The summed E-state index contributed by atoms with van der Waals surface area (Å²) in [6.45, 7) is 7.17. The van der Waals surface area contributed by atoms with Crippen LogP contribution in [0.5, 0.6) is 5.75 Å². The Balaban J connectivity index is 1.17. The van der Waals surface area contributed by atoms with Crippen LogP contribution in [0.4, 0.5) is 5.69 Å². The first kappa shape index (κ1) is 27.1. The zero-order valence-corrected chi connectivity index (χ0v) is 24.0. The average Bonchev–Trinajstić information content (AvgIpc) is 3.54. The van der Waals surface area contributed by atoms with Crippen molar-refractivity contribution >= 4 is 29.6 Å². The number of amides is 1. The van der Waals surface area contributed by atoms with Gasteiger partial charge in [0.25, 0.3) is 0 Å². The fraction of sp³-hybridized carbons (Fsp3) is 0.324. The van der Waals surface area contributed by atoms with Crippen molar-refractivity contribution in [3.63, 3.8) is 0 Å². The molecule has 0 spiro atoms. The maximum absolute atomic E-state index is 12.8. The molecule has 41 heavy (non-hydrogen) atoms. The molecule has 3 aromatic rings. The Morgan fingerprint density at radius 2 is 1.76 bits per heavy atom. The molecule has 1 unspecified atom stereocenters. The molecule has 7 heteroatoms.